The van der Waals surface area contributed by atoms with Crippen molar-refractivity contribution in [3.8, 4) is 34.3 Å². The van der Waals surface area contributed by atoms with Gasteiger partial charge in [0.1, 0.15) is 22.9 Å². The molecule has 6 heteroatoms. The first-order valence-corrected chi connectivity index (χ1v) is 16.5. The van der Waals surface area contributed by atoms with Crippen molar-refractivity contribution in [2.24, 2.45) is 7.05 Å². The highest BCUT2D eigenvalue weighted by atomic mass is 16.3. The fraction of sp³-hybridized carbons (Fsp3) is 0.190. The molecule has 5 aromatic carbocycles. The average molecular weight is 627 g/mol. The zero-order valence-corrected chi connectivity index (χ0v) is 28.0. The van der Waals surface area contributed by atoms with E-state index in [1.165, 1.54) is 27.9 Å². The number of nitrogens with zero attached hydrogens (tertiary/aromatic N) is 5. The minimum Gasteiger partial charge on any atom is -0.455 e. The third-order valence-corrected chi connectivity index (χ3v) is 9.63. The second-order valence-electron chi connectivity index (χ2n) is 13.3. The number of furan rings is 1. The van der Waals surface area contributed by atoms with E-state index < -0.39 is 0 Å². The summed E-state index contributed by atoms with van der Waals surface area (Å²) in [7, 11) is 2.16. The SMILES string of the molecule is Cc1ccc2c(oc3cc4cnc(C#N)nc4cc32)c1-c1n(-c2c(C(C)C)cc(-c3ccccc3)cc2C(C)C)c2ccccc2[n+]1C. The first kappa shape index (κ1) is 29.6. The third-order valence-electron chi connectivity index (χ3n) is 9.63. The van der Waals surface area contributed by atoms with E-state index in [0.717, 1.165) is 60.8 Å². The van der Waals surface area contributed by atoms with Gasteiger partial charge in [-0.3, -0.25) is 0 Å². The van der Waals surface area contributed by atoms with Crippen molar-refractivity contribution in [1.82, 2.24) is 14.5 Å². The second kappa shape index (κ2) is 11.2. The van der Waals surface area contributed by atoms with E-state index in [4.69, 9.17) is 4.42 Å². The second-order valence-corrected chi connectivity index (χ2v) is 13.3. The number of imidazole rings is 1. The predicted molar refractivity (Wildman–Crippen MR) is 193 cm³/mol. The van der Waals surface area contributed by atoms with E-state index in [1.54, 1.807) is 6.20 Å². The standard InChI is InChI=1S/C42H36N5O/c1-24(2)31-18-28(27-12-8-7-9-13-27)19-32(25(3)4)40(31)47-36-15-11-10-14-35(36)46(6)42(47)39-26(5)16-17-30-33-21-34-29(20-37(33)48-41(30)39)23-44-38(22-43)45-34/h7-21,23-25H,1-6H3/q+1. The van der Waals surface area contributed by atoms with Crippen LogP contribution < -0.4 is 4.57 Å². The summed E-state index contributed by atoms with van der Waals surface area (Å²) < 4.78 is 11.6. The molecule has 3 heterocycles. The van der Waals surface area contributed by atoms with E-state index >= 15 is 0 Å². The number of aryl methyl sites for hydroxylation is 2. The molecule has 0 fully saturated rings. The minimum absolute atomic E-state index is 0.155. The van der Waals surface area contributed by atoms with E-state index in [-0.39, 0.29) is 17.7 Å². The molecule has 6 nitrogen and oxygen atoms in total. The average Bonchev–Trinajstić information content (AvgIpc) is 3.60. The van der Waals surface area contributed by atoms with Crippen LogP contribution in [0.4, 0.5) is 0 Å². The Balaban J connectivity index is 1.50. The largest absolute Gasteiger partial charge is 0.455 e. The van der Waals surface area contributed by atoms with Gasteiger partial charge in [0.05, 0.1) is 12.6 Å². The summed E-state index contributed by atoms with van der Waals surface area (Å²) in [6, 6.07) is 34.5. The molecule has 0 aliphatic heterocycles. The Morgan fingerprint density at radius 1 is 0.812 bits per heavy atom. The summed E-state index contributed by atoms with van der Waals surface area (Å²) in [6.45, 7) is 11.3. The molecular weight excluding hydrogens is 590 g/mol. The van der Waals surface area contributed by atoms with Gasteiger partial charge in [-0.1, -0.05) is 82.3 Å². The molecule has 0 saturated carbocycles. The van der Waals surface area contributed by atoms with Gasteiger partial charge in [0.2, 0.25) is 5.82 Å². The molecule has 3 aromatic heterocycles. The Labute approximate surface area is 279 Å². The zero-order valence-electron chi connectivity index (χ0n) is 28.0. The number of fused-ring (bicyclic) bond motifs is 5. The Morgan fingerprint density at radius 2 is 1.52 bits per heavy atom. The molecule has 8 aromatic rings. The molecule has 0 aliphatic carbocycles. The van der Waals surface area contributed by atoms with Crippen molar-refractivity contribution >= 4 is 43.9 Å². The van der Waals surface area contributed by atoms with Gasteiger partial charge in [-0.25, -0.2) is 14.5 Å². The van der Waals surface area contributed by atoms with Crippen molar-refractivity contribution in [3.05, 3.63) is 120 Å². The van der Waals surface area contributed by atoms with Gasteiger partial charge in [-0.15, -0.1) is 0 Å². The molecule has 0 aliphatic rings. The van der Waals surface area contributed by atoms with E-state index in [1.807, 2.05) is 12.1 Å². The van der Waals surface area contributed by atoms with Crippen LogP contribution in [0.15, 0.2) is 102 Å². The first-order valence-electron chi connectivity index (χ1n) is 16.5. The van der Waals surface area contributed by atoms with E-state index in [2.05, 4.69) is 146 Å². The fourth-order valence-corrected chi connectivity index (χ4v) is 7.23. The van der Waals surface area contributed by atoms with Crippen LogP contribution in [-0.2, 0) is 7.05 Å². The van der Waals surface area contributed by atoms with Gasteiger partial charge in [0, 0.05) is 33.5 Å². The maximum Gasteiger partial charge on any atom is 0.299 e. The zero-order chi connectivity index (χ0) is 33.3. The highest BCUT2D eigenvalue weighted by Gasteiger charge is 2.34. The topological polar surface area (TPSA) is 71.5 Å². The molecule has 8 rings (SSSR count). The number of nitriles is 1. The predicted octanol–water partition coefficient (Wildman–Crippen LogP) is 10.1. The summed E-state index contributed by atoms with van der Waals surface area (Å²) >= 11 is 0. The molecule has 0 unspecified atom stereocenters. The summed E-state index contributed by atoms with van der Waals surface area (Å²) in [5.41, 5.74) is 13.0. The smallest absolute Gasteiger partial charge is 0.299 e. The van der Waals surface area contributed by atoms with Crippen LogP contribution in [0, 0.1) is 18.3 Å². The highest BCUT2D eigenvalue weighted by Crippen LogP contribution is 2.43. The monoisotopic (exact) mass is 626 g/mol. The van der Waals surface area contributed by atoms with Crippen molar-refractivity contribution in [3.63, 3.8) is 0 Å². The maximum absolute atomic E-state index is 9.42. The highest BCUT2D eigenvalue weighted by molar-refractivity contribution is 6.13. The minimum atomic E-state index is 0.155. The quantitative estimate of drug-likeness (QED) is 0.178. The molecule has 0 spiro atoms. The summed E-state index contributed by atoms with van der Waals surface area (Å²) in [5, 5.41) is 12.2. The van der Waals surface area contributed by atoms with Crippen molar-refractivity contribution in [2.45, 2.75) is 46.5 Å². The molecular formula is C42H36N5O+. The molecule has 0 radical (unpaired) electrons. The lowest BCUT2D eigenvalue weighted by molar-refractivity contribution is -0.633. The lowest BCUT2D eigenvalue weighted by Crippen LogP contribution is -2.30. The Hall–Kier alpha value is -5.80. The van der Waals surface area contributed by atoms with Crippen LogP contribution in [0.3, 0.4) is 0 Å². The molecule has 0 atom stereocenters. The van der Waals surface area contributed by atoms with Crippen LogP contribution in [0.25, 0.3) is 72.1 Å². The Bertz CT molecular complexity index is 2570. The van der Waals surface area contributed by atoms with E-state index in [0.29, 0.717) is 0 Å². The molecule has 0 N–H and O–H groups in total. The Kier molecular flexibility index (Phi) is 6.89. The number of hydrogen-bond donors (Lipinski definition) is 0. The first-order chi connectivity index (χ1) is 23.2. The summed E-state index contributed by atoms with van der Waals surface area (Å²) in [5.74, 6) is 1.76. The summed E-state index contributed by atoms with van der Waals surface area (Å²) in [6.07, 6.45) is 1.69. The normalized spacial score (nSPS) is 11.9. The van der Waals surface area contributed by atoms with Gasteiger partial charge in [0.25, 0.3) is 5.82 Å². The van der Waals surface area contributed by atoms with Gasteiger partial charge in [-0.2, -0.15) is 9.83 Å². The van der Waals surface area contributed by atoms with Crippen LogP contribution in [0.5, 0.6) is 0 Å². The number of hydrogen-bond acceptors (Lipinski definition) is 4. The Morgan fingerprint density at radius 3 is 2.23 bits per heavy atom. The van der Waals surface area contributed by atoms with Gasteiger partial charge >= 0.3 is 0 Å². The molecule has 0 amide bonds. The van der Waals surface area contributed by atoms with Crippen molar-refractivity contribution in [1.29, 1.82) is 5.26 Å². The van der Waals surface area contributed by atoms with Crippen LogP contribution in [-0.4, -0.2) is 14.5 Å². The van der Waals surface area contributed by atoms with Gasteiger partial charge in [0.15, 0.2) is 16.6 Å². The number of benzene rings is 5. The lowest BCUT2D eigenvalue weighted by Gasteiger charge is -2.21. The maximum atomic E-state index is 9.42. The van der Waals surface area contributed by atoms with Gasteiger partial charge < -0.3 is 4.42 Å². The molecule has 0 saturated heterocycles. The molecule has 48 heavy (non-hydrogen) atoms. The third kappa shape index (κ3) is 4.50. The van der Waals surface area contributed by atoms with Crippen LogP contribution >= 0.6 is 0 Å². The van der Waals surface area contributed by atoms with Gasteiger partial charge in [-0.05, 0) is 71.8 Å². The van der Waals surface area contributed by atoms with Crippen LogP contribution in [0.1, 0.15) is 62.0 Å². The molecule has 0 bridgehead atoms. The van der Waals surface area contributed by atoms with Crippen LogP contribution in [0.2, 0.25) is 0 Å². The van der Waals surface area contributed by atoms with E-state index in [9.17, 15) is 5.26 Å². The lowest BCUT2D eigenvalue weighted by atomic mass is 9.88. The van der Waals surface area contributed by atoms with Crippen molar-refractivity contribution < 1.29 is 8.98 Å². The number of aromatic nitrogens is 4. The van der Waals surface area contributed by atoms with Crippen molar-refractivity contribution in [2.75, 3.05) is 0 Å². The summed E-state index contributed by atoms with van der Waals surface area (Å²) in [4.78, 5) is 8.68. The molecule has 234 valence electrons. The fourth-order valence-electron chi connectivity index (χ4n) is 7.23. The number of para-hydroxylation sites is 2. The number of rotatable bonds is 5.